The van der Waals surface area contributed by atoms with Gasteiger partial charge in [0.2, 0.25) is 5.91 Å². The van der Waals surface area contributed by atoms with Gasteiger partial charge in [-0.15, -0.1) is 0 Å². The Labute approximate surface area is 498 Å². The summed E-state index contributed by atoms with van der Waals surface area (Å²) >= 11 is 0. The molecule has 1 amide bonds. The second-order valence-electron chi connectivity index (χ2n) is 23.2. The minimum Gasteiger partial charge on any atom is -0.394 e. The third kappa shape index (κ3) is 37.1. The van der Waals surface area contributed by atoms with E-state index in [0.29, 0.717) is 12.8 Å². The van der Waals surface area contributed by atoms with Gasteiger partial charge in [-0.05, 0) is 70.6 Å². The van der Waals surface area contributed by atoms with Crippen LogP contribution in [0.2, 0.25) is 0 Å². The van der Waals surface area contributed by atoms with E-state index in [9.17, 15) is 45.6 Å². The number of hydrogen-bond acceptors (Lipinski definition) is 13. The molecule has 14 nitrogen and oxygen atoms in total. The zero-order valence-corrected chi connectivity index (χ0v) is 51.5. The van der Waals surface area contributed by atoms with E-state index in [1.165, 1.54) is 161 Å². The maximum Gasteiger partial charge on any atom is 0.220 e. The van der Waals surface area contributed by atoms with Crippen molar-refractivity contribution in [2.24, 2.45) is 0 Å². The maximum atomic E-state index is 13.3. The third-order valence-corrected chi connectivity index (χ3v) is 15.9. The lowest BCUT2D eigenvalue weighted by molar-refractivity contribution is -0.359. The van der Waals surface area contributed by atoms with Gasteiger partial charge >= 0.3 is 0 Å². The molecule has 2 rings (SSSR count). The van der Waals surface area contributed by atoms with Gasteiger partial charge in [0, 0.05) is 6.42 Å². The van der Waals surface area contributed by atoms with Crippen LogP contribution in [0.3, 0.4) is 0 Å². The lowest BCUT2D eigenvalue weighted by Gasteiger charge is -2.46. The Balaban J connectivity index is 1.74. The molecule has 0 bridgehead atoms. The highest BCUT2D eigenvalue weighted by molar-refractivity contribution is 5.76. The average molecular weight is 1160 g/mol. The Morgan fingerprint density at radius 2 is 0.854 bits per heavy atom. The molecule has 2 heterocycles. The molecule has 2 aliphatic heterocycles. The Morgan fingerprint density at radius 3 is 1.34 bits per heavy atom. The number of unbranched alkanes of at least 4 members (excludes halogenated alkanes) is 30. The highest BCUT2D eigenvalue weighted by atomic mass is 16.7. The summed E-state index contributed by atoms with van der Waals surface area (Å²) in [6.07, 6.45) is 53.7. The Bertz CT molecular complexity index is 1650. The normalized spacial score (nSPS) is 24.4. The monoisotopic (exact) mass is 1160 g/mol. The number of carbonyl (C=O) groups is 1. The van der Waals surface area contributed by atoms with Gasteiger partial charge in [-0.3, -0.25) is 4.79 Å². The molecular weight excluding hydrogens is 1040 g/mol. The maximum absolute atomic E-state index is 13.3. The van der Waals surface area contributed by atoms with E-state index in [-0.39, 0.29) is 18.9 Å². The number of rotatable bonds is 53. The van der Waals surface area contributed by atoms with Crippen LogP contribution in [0, 0.1) is 0 Å². The molecule has 0 saturated carbocycles. The summed E-state index contributed by atoms with van der Waals surface area (Å²) in [5.74, 6) is -0.254. The Morgan fingerprint density at radius 1 is 0.451 bits per heavy atom. The van der Waals surface area contributed by atoms with Crippen molar-refractivity contribution in [3.05, 3.63) is 72.9 Å². The average Bonchev–Trinajstić information content (AvgIpc) is 3.53. The van der Waals surface area contributed by atoms with Gasteiger partial charge < -0.3 is 65.1 Å². The van der Waals surface area contributed by atoms with Crippen LogP contribution in [-0.4, -0.2) is 140 Å². The molecule has 12 atom stereocenters. The lowest BCUT2D eigenvalue weighted by Crippen LogP contribution is -2.65. The summed E-state index contributed by atoms with van der Waals surface area (Å²) in [6, 6.07) is -0.939. The topological polar surface area (TPSA) is 228 Å². The van der Waals surface area contributed by atoms with Crippen LogP contribution in [-0.2, 0) is 23.7 Å². The zero-order valence-electron chi connectivity index (χ0n) is 51.5. The van der Waals surface area contributed by atoms with Crippen molar-refractivity contribution in [2.75, 3.05) is 19.8 Å². The fourth-order valence-corrected chi connectivity index (χ4v) is 10.6. The van der Waals surface area contributed by atoms with Gasteiger partial charge in [0.25, 0.3) is 0 Å². The van der Waals surface area contributed by atoms with Crippen molar-refractivity contribution in [1.82, 2.24) is 5.32 Å². The zero-order chi connectivity index (χ0) is 59.5. The van der Waals surface area contributed by atoms with Crippen molar-refractivity contribution >= 4 is 5.91 Å². The van der Waals surface area contributed by atoms with Crippen LogP contribution in [0.15, 0.2) is 72.9 Å². The van der Waals surface area contributed by atoms with Crippen molar-refractivity contribution < 1.29 is 64.6 Å². The SMILES string of the molecule is CC/C=C\C/C=C\C/C=C\C/C=C\CCCCCCCCCCCCC(=O)NC(COC1OC(CO)C(OC2OC(CO)C(O)C(O)C2O)C(O)C1O)C(O)/C=C/CC/C=C/CCCCCCCCCCCCCCCCCCCCC. The summed E-state index contributed by atoms with van der Waals surface area (Å²) in [6.45, 7) is 2.69. The second kappa shape index (κ2) is 52.7. The fraction of sp³-hybridized carbons (Fsp3) is 0.809. The van der Waals surface area contributed by atoms with Gasteiger partial charge in [0.05, 0.1) is 32.0 Å². The van der Waals surface area contributed by atoms with Crippen LogP contribution in [0.1, 0.15) is 258 Å². The van der Waals surface area contributed by atoms with Crippen molar-refractivity contribution in [2.45, 2.75) is 331 Å². The molecular formula is C68H121NO13. The van der Waals surface area contributed by atoms with Gasteiger partial charge in [0.15, 0.2) is 12.6 Å². The summed E-state index contributed by atoms with van der Waals surface area (Å²) in [7, 11) is 0. The van der Waals surface area contributed by atoms with Crippen LogP contribution < -0.4 is 5.32 Å². The molecule has 82 heavy (non-hydrogen) atoms. The van der Waals surface area contributed by atoms with E-state index in [0.717, 1.165) is 64.2 Å². The number of carbonyl (C=O) groups excluding carboxylic acids is 1. The first-order valence-electron chi connectivity index (χ1n) is 33.2. The molecule has 0 radical (unpaired) electrons. The van der Waals surface area contributed by atoms with Crippen molar-refractivity contribution in [1.29, 1.82) is 0 Å². The molecule has 2 fully saturated rings. The molecule has 14 heteroatoms. The highest BCUT2D eigenvalue weighted by Crippen LogP contribution is 2.30. The van der Waals surface area contributed by atoms with Gasteiger partial charge in [-0.1, -0.05) is 254 Å². The molecule has 9 N–H and O–H groups in total. The lowest BCUT2D eigenvalue weighted by atomic mass is 9.97. The molecule has 476 valence electrons. The number of hydrogen-bond donors (Lipinski definition) is 9. The molecule has 2 saturated heterocycles. The van der Waals surface area contributed by atoms with Crippen molar-refractivity contribution in [3.8, 4) is 0 Å². The van der Waals surface area contributed by atoms with Crippen LogP contribution >= 0.6 is 0 Å². The van der Waals surface area contributed by atoms with Crippen molar-refractivity contribution in [3.63, 3.8) is 0 Å². The van der Waals surface area contributed by atoms with Gasteiger partial charge in [0.1, 0.15) is 48.8 Å². The summed E-state index contributed by atoms with van der Waals surface area (Å²) in [5.41, 5.74) is 0. The van der Waals surface area contributed by atoms with E-state index >= 15 is 0 Å². The highest BCUT2D eigenvalue weighted by Gasteiger charge is 2.51. The first-order chi connectivity index (χ1) is 40.1. The predicted molar refractivity (Wildman–Crippen MR) is 332 cm³/mol. The van der Waals surface area contributed by atoms with E-state index in [1.54, 1.807) is 6.08 Å². The first-order valence-corrected chi connectivity index (χ1v) is 33.2. The predicted octanol–water partition coefficient (Wildman–Crippen LogP) is 12.7. The Kier molecular flexibility index (Phi) is 48.6. The molecule has 0 aliphatic carbocycles. The third-order valence-electron chi connectivity index (χ3n) is 15.9. The molecule has 0 spiro atoms. The fourth-order valence-electron chi connectivity index (χ4n) is 10.6. The molecule has 12 unspecified atom stereocenters. The molecule has 2 aliphatic rings. The molecule has 0 aromatic rings. The van der Waals surface area contributed by atoms with Crippen LogP contribution in [0.4, 0.5) is 0 Å². The number of aliphatic hydroxyl groups is 8. The van der Waals surface area contributed by atoms with Crippen LogP contribution in [0.25, 0.3) is 0 Å². The summed E-state index contributed by atoms with van der Waals surface area (Å²) < 4.78 is 22.8. The largest absolute Gasteiger partial charge is 0.394 e. The van der Waals surface area contributed by atoms with Gasteiger partial charge in [-0.25, -0.2) is 0 Å². The second-order valence-corrected chi connectivity index (χ2v) is 23.2. The standard InChI is InChI=1S/C68H121NO13/c1-3-5-7-9-11-13-15-17-19-21-23-25-27-28-30-31-33-35-37-39-41-43-45-47-49-51-57(72)56(55-79-67-65(78)63(76)66(59(54-71)81-67)82-68-64(77)62(75)61(74)58(53-70)80-68)69-60(73)52-50-48-46-44-42-40-38-36-34-32-29-26-24-22-20-18-16-14-12-10-8-6-4-2/h6,8,12,14,18,20,24,26,41,43,49,51,56-59,61-68,70-72,74-78H,3-5,7,9-11,13,15-17,19,21-23,25,27-40,42,44-48,50,52-55H2,1-2H3,(H,69,73)/b8-6-,14-12-,20-18-,26-24-,43-41+,51-49+. The van der Waals surface area contributed by atoms with E-state index in [1.807, 2.05) is 6.08 Å². The van der Waals surface area contributed by atoms with Crippen LogP contribution in [0.5, 0.6) is 0 Å². The molecule has 0 aromatic carbocycles. The number of nitrogens with one attached hydrogen (secondary N) is 1. The molecule has 0 aromatic heterocycles. The van der Waals surface area contributed by atoms with Gasteiger partial charge in [-0.2, -0.15) is 0 Å². The summed E-state index contributed by atoms with van der Waals surface area (Å²) in [4.78, 5) is 13.3. The summed E-state index contributed by atoms with van der Waals surface area (Å²) in [5, 5.41) is 87.3. The minimum atomic E-state index is -1.79. The minimum absolute atomic E-state index is 0.254. The number of aliphatic hydroxyl groups excluding tert-OH is 8. The van der Waals surface area contributed by atoms with E-state index in [4.69, 9.17) is 18.9 Å². The number of amides is 1. The van der Waals surface area contributed by atoms with E-state index in [2.05, 4.69) is 79.9 Å². The quantitative estimate of drug-likeness (QED) is 0.0204. The Hall–Kier alpha value is -2.57. The number of ether oxygens (including phenoxy) is 4. The smallest absolute Gasteiger partial charge is 0.220 e. The first kappa shape index (κ1) is 75.5. The number of allylic oxidation sites excluding steroid dienone is 11. The van der Waals surface area contributed by atoms with E-state index < -0.39 is 86.8 Å².